The maximum Gasteiger partial charge on any atom is 0.150 e. The molecule has 0 saturated carbocycles. The van der Waals surface area contributed by atoms with E-state index >= 15 is 0 Å². The predicted molar refractivity (Wildman–Crippen MR) is 46.6 cm³/mol. The van der Waals surface area contributed by atoms with E-state index in [4.69, 9.17) is 11.6 Å². The van der Waals surface area contributed by atoms with Gasteiger partial charge in [0.25, 0.3) is 0 Å². The molecule has 1 unspecified atom stereocenters. The Morgan fingerprint density at radius 3 is 2.45 bits per heavy atom. The van der Waals surface area contributed by atoms with E-state index in [2.05, 4.69) is 6.92 Å². The van der Waals surface area contributed by atoms with Gasteiger partial charge in [-0.05, 0) is 18.3 Å². The fraction of sp³-hybridized carbons (Fsp3) is 1.00. The van der Waals surface area contributed by atoms with Crippen LogP contribution < -0.4 is 0 Å². The molecule has 0 aromatic heterocycles. The summed E-state index contributed by atoms with van der Waals surface area (Å²) in [5.41, 5.74) is 0. The van der Waals surface area contributed by atoms with E-state index in [0.717, 1.165) is 6.42 Å². The lowest BCUT2D eigenvalue weighted by Crippen LogP contribution is -2.37. The molecule has 0 bridgehead atoms. The topological polar surface area (TPSA) is 34.1 Å². The second-order valence-corrected chi connectivity index (χ2v) is 5.90. The average Bonchev–Trinajstić information content (AvgIpc) is 1.83. The van der Waals surface area contributed by atoms with E-state index in [1.807, 2.05) is 0 Å². The Morgan fingerprint density at radius 2 is 2.09 bits per heavy atom. The van der Waals surface area contributed by atoms with Crippen LogP contribution in [0.1, 0.15) is 13.3 Å². The van der Waals surface area contributed by atoms with Gasteiger partial charge in [-0.25, -0.2) is 8.42 Å². The van der Waals surface area contributed by atoms with Crippen LogP contribution in [0, 0.1) is 11.8 Å². The molecule has 2 nitrogen and oxygen atoms in total. The van der Waals surface area contributed by atoms with Crippen LogP contribution in [0.4, 0.5) is 0 Å². The minimum Gasteiger partial charge on any atom is -0.229 e. The molecule has 11 heavy (non-hydrogen) atoms. The molecule has 1 atom stereocenters. The van der Waals surface area contributed by atoms with Gasteiger partial charge in [-0.15, -0.1) is 11.6 Å². The Kier molecular flexibility index (Phi) is 2.81. The largest absolute Gasteiger partial charge is 0.229 e. The molecule has 0 aromatic carbocycles. The minimum atomic E-state index is -2.63. The Balaban J connectivity index is 2.24. The van der Waals surface area contributed by atoms with Gasteiger partial charge in [0.2, 0.25) is 0 Å². The van der Waals surface area contributed by atoms with Crippen molar-refractivity contribution in [3.8, 4) is 0 Å². The van der Waals surface area contributed by atoms with Crippen LogP contribution >= 0.6 is 11.6 Å². The number of hydrogen-bond acceptors (Lipinski definition) is 2. The molecule has 0 aliphatic carbocycles. The number of alkyl halides is 1. The molecule has 1 aliphatic heterocycles. The molecule has 0 N–H and O–H groups in total. The summed E-state index contributed by atoms with van der Waals surface area (Å²) in [7, 11) is -2.63. The third-order valence-corrected chi connectivity index (χ3v) is 4.46. The van der Waals surface area contributed by atoms with Crippen LogP contribution in [0.2, 0.25) is 0 Å². The predicted octanol–water partition coefficient (Wildman–Crippen LogP) is 1.30. The van der Waals surface area contributed by atoms with Gasteiger partial charge in [0.05, 0.1) is 11.5 Å². The fourth-order valence-electron chi connectivity index (χ4n) is 1.44. The Hall–Kier alpha value is 0.240. The second-order valence-electron chi connectivity index (χ2n) is 3.44. The molecule has 1 rings (SSSR count). The summed E-state index contributed by atoms with van der Waals surface area (Å²) in [4.78, 5) is 0. The highest BCUT2D eigenvalue weighted by Gasteiger charge is 2.33. The molecule has 4 heteroatoms. The first-order valence-corrected chi connectivity index (χ1v) is 6.15. The number of halogens is 1. The van der Waals surface area contributed by atoms with Gasteiger partial charge in [0.1, 0.15) is 0 Å². The lowest BCUT2D eigenvalue weighted by molar-refractivity contribution is 0.436. The van der Waals surface area contributed by atoms with Crippen molar-refractivity contribution in [1.82, 2.24) is 0 Å². The summed E-state index contributed by atoms with van der Waals surface area (Å²) in [5, 5.41) is 0. The van der Waals surface area contributed by atoms with Crippen molar-refractivity contribution in [2.24, 2.45) is 11.8 Å². The normalized spacial score (nSPS) is 26.0. The van der Waals surface area contributed by atoms with Crippen molar-refractivity contribution in [2.75, 3.05) is 17.4 Å². The third kappa shape index (κ3) is 2.64. The number of sulfone groups is 1. The Morgan fingerprint density at radius 1 is 1.55 bits per heavy atom. The number of hydrogen-bond donors (Lipinski definition) is 0. The first-order valence-electron chi connectivity index (χ1n) is 3.80. The highest BCUT2D eigenvalue weighted by Crippen LogP contribution is 2.25. The molecule has 66 valence electrons. The van der Waals surface area contributed by atoms with Crippen molar-refractivity contribution >= 4 is 21.4 Å². The molecule has 1 aliphatic rings. The highest BCUT2D eigenvalue weighted by molar-refractivity contribution is 7.92. The van der Waals surface area contributed by atoms with Crippen LogP contribution in [-0.2, 0) is 9.84 Å². The quantitative estimate of drug-likeness (QED) is 0.638. The Bertz CT molecular complexity index is 211. The number of rotatable bonds is 3. The third-order valence-electron chi connectivity index (χ3n) is 1.98. The molecule has 0 amide bonds. The van der Waals surface area contributed by atoms with Crippen molar-refractivity contribution < 1.29 is 8.42 Å². The summed E-state index contributed by atoms with van der Waals surface area (Å²) in [6.45, 7) is 2.05. The maximum atomic E-state index is 10.7. The van der Waals surface area contributed by atoms with Gasteiger partial charge in [-0.2, -0.15) is 0 Å². The van der Waals surface area contributed by atoms with Gasteiger partial charge in [-0.1, -0.05) is 6.92 Å². The van der Waals surface area contributed by atoms with Crippen LogP contribution in [0.5, 0.6) is 0 Å². The van der Waals surface area contributed by atoms with Gasteiger partial charge in [0.15, 0.2) is 9.84 Å². The standard InChI is InChI=1S/C7H13ClO2S/c1-6(3-8)2-7-4-11(9,10)5-7/h6-7H,2-5H2,1H3. The van der Waals surface area contributed by atoms with Gasteiger partial charge >= 0.3 is 0 Å². The van der Waals surface area contributed by atoms with Crippen molar-refractivity contribution in [3.63, 3.8) is 0 Å². The zero-order chi connectivity index (χ0) is 8.48. The SMILES string of the molecule is CC(CCl)CC1CS(=O)(=O)C1. The summed E-state index contributed by atoms with van der Waals surface area (Å²) in [5.74, 6) is 2.24. The molecule has 0 radical (unpaired) electrons. The average molecular weight is 197 g/mol. The Labute approximate surface area is 72.9 Å². The van der Waals surface area contributed by atoms with E-state index in [1.54, 1.807) is 0 Å². The van der Waals surface area contributed by atoms with Crippen molar-refractivity contribution in [3.05, 3.63) is 0 Å². The van der Waals surface area contributed by atoms with Gasteiger partial charge in [0, 0.05) is 5.88 Å². The lowest BCUT2D eigenvalue weighted by Gasteiger charge is -2.27. The molecule has 1 heterocycles. The van der Waals surface area contributed by atoms with E-state index in [-0.39, 0.29) is 0 Å². The van der Waals surface area contributed by atoms with E-state index < -0.39 is 9.84 Å². The maximum absolute atomic E-state index is 10.7. The first kappa shape index (κ1) is 9.33. The van der Waals surface area contributed by atoms with E-state index in [1.165, 1.54) is 0 Å². The molecular weight excluding hydrogens is 184 g/mol. The summed E-state index contributed by atoms with van der Waals surface area (Å²) >= 11 is 5.60. The van der Waals surface area contributed by atoms with Crippen molar-refractivity contribution in [2.45, 2.75) is 13.3 Å². The molecular formula is C7H13ClO2S. The van der Waals surface area contributed by atoms with Crippen molar-refractivity contribution in [1.29, 1.82) is 0 Å². The summed E-state index contributed by atoms with van der Waals surface area (Å²) in [6.07, 6.45) is 0.961. The zero-order valence-electron chi connectivity index (χ0n) is 6.59. The monoisotopic (exact) mass is 196 g/mol. The summed E-state index contributed by atoms with van der Waals surface area (Å²) in [6, 6.07) is 0. The minimum absolute atomic E-state index is 0.383. The summed E-state index contributed by atoms with van der Waals surface area (Å²) < 4.78 is 21.5. The van der Waals surface area contributed by atoms with E-state index in [9.17, 15) is 8.42 Å². The molecule has 0 aromatic rings. The van der Waals surface area contributed by atoms with Gasteiger partial charge < -0.3 is 0 Å². The van der Waals surface area contributed by atoms with Crippen LogP contribution in [0.3, 0.4) is 0 Å². The van der Waals surface area contributed by atoms with E-state index in [0.29, 0.717) is 29.2 Å². The molecule has 1 saturated heterocycles. The zero-order valence-corrected chi connectivity index (χ0v) is 8.16. The fourth-order valence-corrected chi connectivity index (χ4v) is 3.17. The highest BCUT2D eigenvalue weighted by atomic mass is 35.5. The second kappa shape index (κ2) is 3.31. The van der Waals surface area contributed by atoms with Crippen LogP contribution in [0.15, 0.2) is 0 Å². The molecule has 0 spiro atoms. The lowest BCUT2D eigenvalue weighted by atomic mass is 10.00. The first-order chi connectivity index (χ1) is 5.03. The van der Waals surface area contributed by atoms with Crippen LogP contribution in [-0.4, -0.2) is 25.8 Å². The smallest absolute Gasteiger partial charge is 0.150 e. The molecule has 1 fully saturated rings. The van der Waals surface area contributed by atoms with Crippen LogP contribution in [0.25, 0.3) is 0 Å². The van der Waals surface area contributed by atoms with Gasteiger partial charge in [-0.3, -0.25) is 0 Å².